The molecule has 2 amide bonds. The van der Waals surface area contributed by atoms with Gasteiger partial charge in [0.1, 0.15) is 35.3 Å². The lowest BCUT2D eigenvalue weighted by Gasteiger charge is -2.35. The van der Waals surface area contributed by atoms with Gasteiger partial charge in [-0.05, 0) is 72.7 Å². The van der Waals surface area contributed by atoms with Crippen LogP contribution in [0.3, 0.4) is 0 Å². The predicted octanol–water partition coefficient (Wildman–Crippen LogP) is 6.40. The van der Waals surface area contributed by atoms with Gasteiger partial charge in [-0.25, -0.2) is 19.2 Å². The Hall–Kier alpha value is -4.48. The number of hydrogen-bond donors (Lipinski definition) is 0. The van der Waals surface area contributed by atoms with E-state index in [-0.39, 0.29) is 41.5 Å². The summed E-state index contributed by atoms with van der Waals surface area (Å²) in [6, 6.07) is 5.65. The largest absolute Gasteiger partial charge is 0.490 e. The minimum absolute atomic E-state index is 0.0553. The van der Waals surface area contributed by atoms with Crippen molar-refractivity contribution in [1.29, 1.82) is 0 Å². The van der Waals surface area contributed by atoms with Gasteiger partial charge in [0.15, 0.2) is 11.6 Å². The van der Waals surface area contributed by atoms with Crippen molar-refractivity contribution >= 4 is 17.8 Å². The maximum atomic E-state index is 14.4. The minimum Gasteiger partial charge on any atom is -0.490 e. The Labute approximate surface area is 276 Å². The van der Waals surface area contributed by atoms with Crippen molar-refractivity contribution in [3.05, 3.63) is 65.6 Å². The fraction of sp³-hybridized carbons (Fsp3) is 0.514. The molecular weight excluding hydrogens is 603 g/mol. The summed E-state index contributed by atoms with van der Waals surface area (Å²) in [4.78, 5) is 45.1. The molecule has 5 rings (SSSR count). The number of piperidine rings is 1. The summed E-state index contributed by atoms with van der Waals surface area (Å²) in [6.45, 7) is 15.5. The zero-order valence-corrected chi connectivity index (χ0v) is 28.3. The van der Waals surface area contributed by atoms with Crippen LogP contribution in [0, 0.1) is 5.82 Å². The van der Waals surface area contributed by atoms with Gasteiger partial charge < -0.3 is 28.9 Å². The molecule has 0 atom stereocenters. The van der Waals surface area contributed by atoms with Crippen molar-refractivity contribution in [2.45, 2.75) is 98.1 Å². The highest BCUT2D eigenvalue weighted by Crippen LogP contribution is 2.35. The number of carbonyl (C=O) groups is 2. The molecule has 11 nitrogen and oxygen atoms in total. The molecule has 3 aromatic rings. The van der Waals surface area contributed by atoms with Gasteiger partial charge in [-0.2, -0.15) is 0 Å². The Morgan fingerprint density at radius 2 is 1.70 bits per heavy atom. The van der Waals surface area contributed by atoms with Crippen molar-refractivity contribution in [2.24, 2.45) is 0 Å². The molecule has 0 unspecified atom stereocenters. The van der Waals surface area contributed by atoms with Crippen LogP contribution in [-0.4, -0.2) is 80.2 Å². The van der Waals surface area contributed by atoms with E-state index >= 15 is 0 Å². The second kappa shape index (κ2) is 14.1. The lowest BCUT2D eigenvalue weighted by Crippen LogP contribution is -2.42. The lowest BCUT2D eigenvalue weighted by atomic mass is 10.0. The first-order valence-corrected chi connectivity index (χ1v) is 16.3. The first-order chi connectivity index (χ1) is 22.3. The number of aromatic nitrogens is 3. The molecule has 0 radical (unpaired) electrons. The minimum atomic E-state index is -0.574. The molecule has 0 spiro atoms. The van der Waals surface area contributed by atoms with Crippen LogP contribution < -0.4 is 14.4 Å². The Balaban J connectivity index is 1.28. The summed E-state index contributed by atoms with van der Waals surface area (Å²) in [5.41, 5.74) is 1.42. The van der Waals surface area contributed by atoms with E-state index in [2.05, 4.69) is 19.9 Å². The molecule has 1 aromatic carbocycles. The molecule has 0 saturated carbocycles. The molecule has 252 valence electrons. The number of nitrogens with zero attached hydrogens (tertiary/aromatic N) is 6. The van der Waals surface area contributed by atoms with Gasteiger partial charge in [0.2, 0.25) is 0 Å². The van der Waals surface area contributed by atoms with Gasteiger partial charge in [-0.3, -0.25) is 9.78 Å². The summed E-state index contributed by atoms with van der Waals surface area (Å²) in [5, 5.41) is 0. The van der Waals surface area contributed by atoms with Gasteiger partial charge in [-0.1, -0.05) is 0 Å². The highest BCUT2D eigenvalue weighted by Gasteiger charge is 2.31. The van der Waals surface area contributed by atoms with Gasteiger partial charge in [0.05, 0.1) is 24.0 Å². The number of carbonyl (C=O) groups excluding carboxylic acids is 2. The molecule has 12 heteroatoms. The third-order valence-corrected chi connectivity index (χ3v) is 8.15. The third-order valence-electron chi connectivity index (χ3n) is 8.15. The first-order valence-electron chi connectivity index (χ1n) is 16.3. The number of fused-ring (bicyclic) bond motifs is 1. The number of pyridine rings is 1. The van der Waals surface area contributed by atoms with E-state index in [0.29, 0.717) is 57.0 Å². The molecule has 47 heavy (non-hydrogen) atoms. The summed E-state index contributed by atoms with van der Waals surface area (Å²) < 4.78 is 32.8. The number of amides is 2. The van der Waals surface area contributed by atoms with Gasteiger partial charge in [-0.15, -0.1) is 0 Å². The molecule has 0 N–H and O–H groups in total. The molecular formula is C35H45FN6O5. The van der Waals surface area contributed by atoms with Gasteiger partial charge in [0.25, 0.3) is 5.91 Å². The number of ether oxygens (including phenoxy) is 3. The topological polar surface area (TPSA) is 110 Å². The molecule has 4 heterocycles. The average molecular weight is 649 g/mol. The van der Waals surface area contributed by atoms with E-state index in [1.807, 2.05) is 54.5 Å². The van der Waals surface area contributed by atoms with Crippen LogP contribution in [0.2, 0.25) is 0 Å². The quantitative estimate of drug-likeness (QED) is 0.274. The Morgan fingerprint density at radius 3 is 2.38 bits per heavy atom. The van der Waals surface area contributed by atoms with Crippen LogP contribution in [0.25, 0.3) is 0 Å². The lowest BCUT2D eigenvalue weighted by molar-refractivity contribution is 0.0219. The monoisotopic (exact) mass is 648 g/mol. The van der Waals surface area contributed by atoms with Crippen molar-refractivity contribution in [3.63, 3.8) is 0 Å². The maximum absolute atomic E-state index is 14.4. The van der Waals surface area contributed by atoms with Crippen molar-refractivity contribution in [2.75, 3.05) is 24.5 Å². The van der Waals surface area contributed by atoms with Crippen LogP contribution in [0.15, 0.2) is 43.0 Å². The third kappa shape index (κ3) is 8.09. The highest BCUT2D eigenvalue weighted by atomic mass is 19.1. The van der Waals surface area contributed by atoms with E-state index in [1.165, 1.54) is 24.5 Å². The molecule has 0 bridgehead atoms. The smallest absolute Gasteiger partial charge is 0.410 e. The second-order valence-electron chi connectivity index (χ2n) is 13.5. The molecule has 2 aromatic heterocycles. The summed E-state index contributed by atoms with van der Waals surface area (Å²) in [5.74, 6) is 1.10. The fourth-order valence-corrected chi connectivity index (χ4v) is 6.07. The molecule has 1 fully saturated rings. The summed E-state index contributed by atoms with van der Waals surface area (Å²) in [6.07, 6.45) is 6.44. The SMILES string of the molecule is CC(C)N(C(=O)c1cc(F)ccc1Oc1cncnc1N1CCC(Oc2ccnc3c2CN(C(=O)OC(C)(C)C)CC3)CC1)C(C)C. The number of rotatable bonds is 8. The summed E-state index contributed by atoms with van der Waals surface area (Å²) in [7, 11) is 0. The fourth-order valence-electron chi connectivity index (χ4n) is 6.07. The number of hydrogen-bond acceptors (Lipinski definition) is 9. The van der Waals surface area contributed by atoms with E-state index in [0.717, 1.165) is 17.0 Å². The van der Waals surface area contributed by atoms with Crippen LogP contribution in [-0.2, 0) is 17.7 Å². The summed E-state index contributed by atoms with van der Waals surface area (Å²) >= 11 is 0. The van der Waals surface area contributed by atoms with E-state index in [9.17, 15) is 14.0 Å². The normalized spacial score (nSPS) is 15.4. The molecule has 1 saturated heterocycles. The van der Waals surface area contributed by atoms with Crippen LogP contribution in [0.5, 0.6) is 17.2 Å². The van der Waals surface area contributed by atoms with Crippen molar-refractivity contribution in [3.8, 4) is 17.2 Å². The van der Waals surface area contributed by atoms with Crippen LogP contribution in [0.1, 0.15) is 82.9 Å². The zero-order chi connectivity index (χ0) is 33.9. The van der Waals surface area contributed by atoms with E-state index in [4.69, 9.17) is 14.2 Å². The van der Waals surface area contributed by atoms with E-state index < -0.39 is 11.4 Å². The van der Waals surface area contributed by atoms with Crippen LogP contribution >= 0.6 is 0 Å². The number of benzene rings is 1. The maximum Gasteiger partial charge on any atom is 0.410 e. The van der Waals surface area contributed by atoms with Gasteiger partial charge >= 0.3 is 6.09 Å². The molecule has 0 aliphatic carbocycles. The number of halogens is 1. The van der Waals surface area contributed by atoms with Crippen molar-refractivity contribution < 1.29 is 28.2 Å². The number of anilines is 1. The van der Waals surface area contributed by atoms with Crippen molar-refractivity contribution in [1.82, 2.24) is 24.8 Å². The van der Waals surface area contributed by atoms with Crippen LogP contribution in [0.4, 0.5) is 15.0 Å². The average Bonchev–Trinajstić information content (AvgIpc) is 3.01. The Kier molecular flexibility index (Phi) is 10.2. The van der Waals surface area contributed by atoms with E-state index in [1.54, 1.807) is 22.2 Å². The second-order valence-corrected chi connectivity index (χ2v) is 13.5. The van der Waals surface area contributed by atoms with Gasteiger partial charge in [0, 0.05) is 62.7 Å². The zero-order valence-electron chi connectivity index (χ0n) is 28.3. The first kappa shape index (κ1) is 33.9. The molecule has 2 aliphatic rings. The Bertz CT molecular complexity index is 1580. The highest BCUT2D eigenvalue weighted by molar-refractivity contribution is 5.97. The standard InChI is InChI=1S/C35H45FN6O5/c1-22(2)42(23(3)4)33(43)26-18-24(36)8-9-29(26)46-31-19-37-21-39-32(31)40-15-11-25(12-16-40)45-30-10-14-38-28-13-17-41(20-27(28)30)34(44)47-35(5,6)7/h8-10,14,18-19,21-23,25H,11-13,15-17,20H2,1-7H3. The Morgan fingerprint density at radius 1 is 0.979 bits per heavy atom. The predicted molar refractivity (Wildman–Crippen MR) is 175 cm³/mol. The molecule has 2 aliphatic heterocycles.